The smallest absolute Gasteiger partial charge is 0.169 e. The van der Waals surface area contributed by atoms with Crippen LogP contribution in [0.5, 0.6) is 17.2 Å². The van der Waals surface area contributed by atoms with Gasteiger partial charge in [-0.05, 0) is 19.3 Å². The van der Waals surface area contributed by atoms with E-state index in [2.05, 4.69) is 35.0 Å². The molecule has 0 bridgehead atoms. The van der Waals surface area contributed by atoms with Gasteiger partial charge in [0, 0.05) is 22.2 Å². The van der Waals surface area contributed by atoms with Crippen molar-refractivity contribution in [3.8, 4) is 17.2 Å². The number of halogens is 1. The fourth-order valence-corrected chi connectivity index (χ4v) is 3.72. The summed E-state index contributed by atoms with van der Waals surface area (Å²) >= 11 is 3.48. The van der Waals surface area contributed by atoms with Crippen molar-refractivity contribution in [1.29, 1.82) is 0 Å². The molecular weight excluding hydrogens is 416 g/mol. The van der Waals surface area contributed by atoms with Gasteiger partial charge in [0.1, 0.15) is 5.75 Å². The number of hydrogen-bond acceptors (Lipinski definition) is 3. The van der Waals surface area contributed by atoms with E-state index in [1.54, 1.807) is 7.11 Å². The Kier molecular flexibility index (Phi) is 11.2. The number of benzene rings is 2. The summed E-state index contributed by atoms with van der Waals surface area (Å²) in [6.07, 6.45) is 10.9. The van der Waals surface area contributed by atoms with Crippen molar-refractivity contribution in [3.63, 3.8) is 0 Å². The molecule has 3 nitrogen and oxygen atoms in total. The molecule has 0 saturated heterocycles. The second kappa shape index (κ2) is 13.7. The van der Waals surface area contributed by atoms with E-state index >= 15 is 0 Å². The topological polar surface area (TPSA) is 27.7 Å². The predicted molar refractivity (Wildman–Crippen MR) is 123 cm³/mol. The Morgan fingerprint density at radius 3 is 2.07 bits per heavy atom. The van der Waals surface area contributed by atoms with E-state index in [1.807, 2.05) is 18.2 Å². The lowest BCUT2D eigenvalue weighted by atomic mass is 10.1. The van der Waals surface area contributed by atoms with Gasteiger partial charge in [-0.3, -0.25) is 0 Å². The van der Waals surface area contributed by atoms with Gasteiger partial charge in [0.05, 0.1) is 20.3 Å². The van der Waals surface area contributed by atoms with Crippen molar-refractivity contribution < 1.29 is 14.2 Å². The first-order valence-corrected chi connectivity index (χ1v) is 11.8. The van der Waals surface area contributed by atoms with Crippen LogP contribution in [-0.2, 0) is 0 Å². The Balaban J connectivity index is 2.04. The zero-order chi connectivity index (χ0) is 20.0. The van der Waals surface area contributed by atoms with E-state index in [1.165, 1.54) is 44.9 Å². The van der Waals surface area contributed by atoms with Gasteiger partial charge in [0.2, 0.25) is 0 Å². The molecule has 0 aliphatic carbocycles. The number of alkyl halides is 1. The molecule has 2 aromatic rings. The molecular formula is C24H35BrO3. The van der Waals surface area contributed by atoms with Gasteiger partial charge in [0.15, 0.2) is 11.5 Å². The molecule has 28 heavy (non-hydrogen) atoms. The molecule has 0 spiro atoms. The molecule has 4 heteroatoms. The Hall–Kier alpha value is -1.42. The summed E-state index contributed by atoms with van der Waals surface area (Å²) in [5.41, 5.74) is 0. The van der Waals surface area contributed by atoms with Crippen molar-refractivity contribution in [3.05, 3.63) is 30.3 Å². The molecule has 0 aliphatic rings. The largest absolute Gasteiger partial charge is 0.493 e. The summed E-state index contributed by atoms with van der Waals surface area (Å²) in [4.78, 5) is 0. The summed E-state index contributed by atoms with van der Waals surface area (Å²) in [6, 6.07) is 10.3. The normalized spacial score (nSPS) is 11.0. The Labute approximate surface area is 178 Å². The van der Waals surface area contributed by atoms with Gasteiger partial charge in [-0.2, -0.15) is 0 Å². The van der Waals surface area contributed by atoms with Gasteiger partial charge in [0.25, 0.3) is 0 Å². The minimum atomic E-state index is 0.720. The van der Waals surface area contributed by atoms with Crippen molar-refractivity contribution >= 4 is 26.7 Å². The first-order chi connectivity index (χ1) is 13.8. The minimum absolute atomic E-state index is 0.720. The SMILES string of the molecule is CCCCCCCOc1c(OC)cc(OCCCCCCBr)c2ccccc12. The molecule has 0 heterocycles. The molecule has 0 unspecified atom stereocenters. The molecule has 2 aromatic carbocycles. The second-order valence-corrected chi connectivity index (χ2v) is 7.96. The lowest BCUT2D eigenvalue weighted by Crippen LogP contribution is -2.03. The number of rotatable bonds is 15. The van der Waals surface area contributed by atoms with Crippen molar-refractivity contribution in [2.24, 2.45) is 0 Å². The Morgan fingerprint density at radius 1 is 0.750 bits per heavy atom. The quantitative estimate of drug-likeness (QED) is 0.207. The monoisotopic (exact) mass is 450 g/mol. The second-order valence-electron chi connectivity index (χ2n) is 7.17. The maximum atomic E-state index is 6.16. The minimum Gasteiger partial charge on any atom is -0.493 e. The van der Waals surface area contributed by atoms with Crippen LogP contribution < -0.4 is 14.2 Å². The summed E-state index contributed by atoms with van der Waals surface area (Å²) in [7, 11) is 1.70. The lowest BCUT2D eigenvalue weighted by Gasteiger charge is -2.17. The van der Waals surface area contributed by atoms with Gasteiger partial charge in [-0.1, -0.05) is 85.6 Å². The summed E-state index contributed by atoms with van der Waals surface area (Å²) < 4.78 is 17.9. The zero-order valence-corrected chi connectivity index (χ0v) is 19.1. The van der Waals surface area contributed by atoms with Crippen LogP contribution in [0.1, 0.15) is 64.7 Å². The number of hydrogen-bond donors (Lipinski definition) is 0. The average Bonchev–Trinajstić information content (AvgIpc) is 2.73. The maximum absolute atomic E-state index is 6.16. The Morgan fingerprint density at radius 2 is 1.39 bits per heavy atom. The molecule has 0 fully saturated rings. The fourth-order valence-electron chi connectivity index (χ4n) is 3.32. The third-order valence-electron chi connectivity index (χ3n) is 4.92. The number of ether oxygens (including phenoxy) is 3. The maximum Gasteiger partial charge on any atom is 0.169 e. The predicted octanol–water partition coefficient (Wildman–Crippen LogP) is 7.53. The molecule has 0 atom stereocenters. The molecule has 0 radical (unpaired) electrons. The highest BCUT2D eigenvalue weighted by molar-refractivity contribution is 9.09. The summed E-state index contributed by atoms with van der Waals surface area (Å²) in [6.45, 7) is 3.69. The van der Waals surface area contributed by atoms with Crippen LogP contribution in [0.25, 0.3) is 10.8 Å². The van der Waals surface area contributed by atoms with Crippen LogP contribution >= 0.6 is 15.9 Å². The van der Waals surface area contributed by atoms with Gasteiger partial charge in [-0.15, -0.1) is 0 Å². The summed E-state index contributed by atoms with van der Waals surface area (Å²) in [5.74, 6) is 2.46. The number of fused-ring (bicyclic) bond motifs is 1. The van der Waals surface area contributed by atoms with Crippen molar-refractivity contribution in [1.82, 2.24) is 0 Å². The number of unbranched alkanes of at least 4 members (excludes halogenated alkanes) is 7. The van der Waals surface area contributed by atoms with E-state index < -0.39 is 0 Å². The highest BCUT2D eigenvalue weighted by Gasteiger charge is 2.15. The highest BCUT2D eigenvalue weighted by atomic mass is 79.9. The molecule has 0 aromatic heterocycles. The zero-order valence-electron chi connectivity index (χ0n) is 17.5. The van der Waals surface area contributed by atoms with Crippen LogP contribution in [0.4, 0.5) is 0 Å². The van der Waals surface area contributed by atoms with Gasteiger partial charge in [-0.25, -0.2) is 0 Å². The number of methoxy groups -OCH3 is 1. The van der Waals surface area contributed by atoms with Crippen LogP contribution in [0.2, 0.25) is 0 Å². The third-order valence-corrected chi connectivity index (χ3v) is 5.48. The van der Waals surface area contributed by atoms with Crippen molar-refractivity contribution in [2.45, 2.75) is 64.7 Å². The average molecular weight is 451 g/mol. The van der Waals surface area contributed by atoms with E-state index in [-0.39, 0.29) is 0 Å². The van der Waals surface area contributed by atoms with Crippen LogP contribution in [0, 0.1) is 0 Å². The third kappa shape index (κ3) is 7.20. The molecule has 0 saturated carbocycles. The van der Waals surface area contributed by atoms with Crippen LogP contribution in [0.15, 0.2) is 30.3 Å². The van der Waals surface area contributed by atoms with E-state index in [0.29, 0.717) is 0 Å². The van der Waals surface area contributed by atoms with Gasteiger partial charge < -0.3 is 14.2 Å². The molecule has 0 aliphatic heterocycles. The molecule has 156 valence electrons. The lowest BCUT2D eigenvalue weighted by molar-refractivity contribution is 0.283. The molecule has 0 N–H and O–H groups in total. The highest BCUT2D eigenvalue weighted by Crippen LogP contribution is 2.41. The van der Waals surface area contributed by atoms with Crippen LogP contribution in [-0.4, -0.2) is 25.7 Å². The fraction of sp³-hybridized carbons (Fsp3) is 0.583. The summed E-state index contributed by atoms with van der Waals surface area (Å²) in [5, 5.41) is 3.23. The molecule has 0 amide bonds. The molecule has 2 rings (SSSR count). The van der Waals surface area contributed by atoms with E-state index in [0.717, 1.165) is 59.4 Å². The first kappa shape index (κ1) is 22.9. The van der Waals surface area contributed by atoms with Crippen LogP contribution in [0.3, 0.4) is 0 Å². The van der Waals surface area contributed by atoms with Gasteiger partial charge >= 0.3 is 0 Å². The Bertz CT molecular complexity index is 687. The van der Waals surface area contributed by atoms with E-state index in [4.69, 9.17) is 14.2 Å². The standard InChI is InChI=1S/C24H35BrO3/c1-3-4-5-7-13-18-28-24-21-15-10-9-14-20(21)22(19-23(24)26-2)27-17-12-8-6-11-16-25/h9-10,14-15,19H,3-8,11-13,16-18H2,1-2H3. The van der Waals surface area contributed by atoms with E-state index in [9.17, 15) is 0 Å². The van der Waals surface area contributed by atoms with Crippen molar-refractivity contribution in [2.75, 3.05) is 25.7 Å². The first-order valence-electron chi connectivity index (χ1n) is 10.7.